The molecular weight excluding hydrogens is 290 g/mol. The van der Waals surface area contributed by atoms with Crippen molar-refractivity contribution in [2.45, 2.75) is 44.9 Å². The minimum absolute atomic E-state index is 0.0698. The van der Waals surface area contributed by atoms with E-state index in [1.165, 1.54) is 0 Å². The van der Waals surface area contributed by atoms with Crippen LogP contribution in [0, 0.1) is 0 Å². The number of hydrogen-bond donors (Lipinski definition) is 1. The van der Waals surface area contributed by atoms with Gasteiger partial charge in [-0.2, -0.15) is 5.10 Å². The van der Waals surface area contributed by atoms with E-state index >= 15 is 0 Å². The predicted molar refractivity (Wildman–Crippen MR) is 81.2 cm³/mol. The van der Waals surface area contributed by atoms with Crippen LogP contribution in [0.4, 0.5) is 4.79 Å². The first-order valence-corrected chi connectivity index (χ1v) is 7.82. The molecule has 21 heavy (non-hydrogen) atoms. The van der Waals surface area contributed by atoms with E-state index in [4.69, 9.17) is 11.6 Å². The number of fused-ring (bicyclic) bond motifs is 1. The summed E-state index contributed by atoms with van der Waals surface area (Å²) in [6.07, 6.45) is 2.68. The van der Waals surface area contributed by atoms with Crippen molar-refractivity contribution < 1.29 is 4.79 Å². The number of amides is 2. The molecule has 1 N–H and O–H groups in total. The van der Waals surface area contributed by atoms with Gasteiger partial charge in [0.25, 0.3) is 0 Å². The van der Waals surface area contributed by atoms with Crippen LogP contribution in [0.25, 0.3) is 0 Å². The van der Waals surface area contributed by atoms with Crippen LogP contribution in [0.2, 0.25) is 5.02 Å². The third-order valence-electron chi connectivity index (χ3n) is 4.50. The van der Waals surface area contributed by atoms with Gasteiger partial charge in [0.05, 0.1) is 29.0 Å². The average molecular weight is 312 g/mol. The van der Waals surface area contributed by atoms with Gasteiger partial charge in [0.15, 0.2) is 0 Å². The topological polar surface area (TPSA) is 53.4 Å². The molecule has 0 aliphatic carbocycles. The number of likely N-dealkylation sites (tertiary alicyclic amines) is 1. The van der Waals surface area contributed by atoms with Crippen molar-refractivity contribution in [3.63, 3.8) is 0 Å². The van der Waals surface area contributed by atoms with Crippen molar-refractivity contribution in [3.05, 3.63) is 16.9 Å². The standard InChI is InChI=1S/C14H22ClN5O/c1-9(2)20-12-4-5-19(7-11(12)17-14(20)21)8-13-10(15)6-16-18(13)3/h6,9,11-12H,4-5,7-8H2,1-3H3,(H,17,21)/t11-,12+/m1/s1. The molecule has 0 radical (unpaired) electrons. The zero-order valence-electron chi connectivity index (χ0n) is 12.7. The Balaban J connectivity index is 1.68. The van der Waals surface area contributed by atoms with E-state index in [1.54, 1.807) is 6.20 Å². The highest BCUT2D eigenvalue weighted by Gasteiger charge is 2.43. The molecule has 1 aromatic heterocycles. The molecule has 2 amide bonds. The zero-order valence-corrected chi connectivity index (χ0v) is 13.5. The maximum atomic E-state index is 12.1. The zero-order chi connectivity index (χ0) is 15.1. The van der Waals surface area contributed by atoms with Gasteiger partial charge in [-0.05, 0) is 20.3 Å². The van der Waals surface area contributed by atoms with Crippen molar-refractivity contribution in [1.82, 2.24) is 24.9 Å². The molecule has 0 saturated carbocycles. The molecule has 1 aromatic rings. The Morgan fingerprint density at radius 3 is 2.90 bits per heavy atom. The molecule has 7 heteroatoms. The van der Waals surface area contributed by atoms with Crippen molar-refractivity contribution in [2.24, 2.45) is 7.05 Å². The molecule has 116 valence electrons. The summed E-state index contributed by atoms with van der Waals surface area (Å²) < 4.78 is 1.82. The predicted octanol–water partition coefficient (Wildman–Crippen LogP) is 1.45. The van der Waals surface area contributed by atoms with Crippen LogP contribution in [0.5, 0.6) is 0 Å². The summed E-state index contributed by atoms with van der Waals surface area (Å²) in [6, 6.07) is 0.842. The van der Waals surface area contributed by atoms with Gasteiger partial charge in [-0.3, -0.25) is 9.58 Å². The number of nitrogens with one attached hydrogen (secondary N) is 1. The quantitative estimate of drug-likeness (QED) is 0.919. The van der Waals surface area contributed by atoms with Crippen LogP contribution < -0.4 is 5.32 Å². The number of carbonyl (C=O) groups excluding carboxylic acids is 1. The lowest BCUT2D eigenvalue weighted by Gasteiger charge is -2.37. The molecule has 2 aliphatic heterocycles. The fourth-order valence-electron chi connectivity index (χ4n) is 3.45. The Bertz CT molecular complexity index is 524. The molecule has 3 rings (SSSR count). The van der Waals surface area contributed by atoms with E-state index in [2.05, 4.69) is 29.2 Å². The monoisotopic (exact) mass is 311 g/mol. The first kappa shape index (κ1) is 14.7. The van der Waals surface area contributed by atoms with E-state index in [0.29, 0.717) is 11.1 Å². The SMILES string of the molecule is CC(C)N1C(=O)N[C@@H]2CN(Cc3c(Cl)cnn3C)CC[C@@H]21. The van der Waals surface area contributed by atoms with E-state index in [9.17, 15) is 4.79 Å². The van der Waals surface area contributed by atoms with Gasteiger partial charge in [0.1, 0.15) is 0 Å². The van der Waals surface area contributed by atoms with Crippen molar-refractivity contribution in [2.75, 3.05) is 13.1 Å². The molecule has 0 unspecified atom stereocenters. The normalized spacial score (nSPS) is 26.3. The molecule has 3 heterocycles. The summed E-state index contributed by atoms with van der Waals surface area (Å²) >= 11 is 6.18. The van der Waals surface area contributed by atoms with Gasteiger partial charge < -0.3 is 10.2 Å². The molecule has 0 bridgehead atoms. The number of carbonyl (C=O) groups is 1. The molecule has 6 nitrogen and oxygen atoms in total. The van der Waals surface area contributed by atoms with Gasteiger partial charge in [0, 0.05) is 32.7 Å². The van der Waals surface area contributed by atoms with Crippen LogP contribution in [0.1, 0.15) is 26.0 Å². The highest BCUT2D eigenvalue weighted by Crippen LogP contribution is 2.26. The number of aromatic nitrogens is 2. The number of nitrogens with zero attached hydrogens (tertiary/aromatic N) is 4. The first-order valence-electron chi connectivity index (χ1n) is 7.45. The molecule has 0 aromatic carbocycles. The Morgan fingerprint density at radius 2 is 2.29 bits per heavy atom. The first-order chi connectivity index (χ1) is 9.97. The summed E-state index contributed by atoms with van der Waals surface area (Å²) in [5, 5.41) is 8.00. The Kier molecular flexibility index (Phi) is 3.84. The summed E-state index contributed by atoms with van der Waals surface area (Å²) in [6.45, 7) is 6.76. The third kappa shape index (κ3) is 2.62. The second-order valence-corrected chi connectivity index (χ2v) is 6.62. The smallest absolute Gasteiger partial charge is 0.318 e. The summed E-state index contributed by atoms with van der Waals surface area (Å²) in [4.78, 5) is 16.4. The van der Waals surface area contributed by atoms with Crippen LogP contribution >= 0.6 is 11.6 Å². The fraction of sp³-hybridized carbons (Fsp3) is 0.714. The lowest BCUT2D eigenvalue weighted by atomic mass is 9.99. The van der Waals surface area contributed by atoms with Crippen LogP contribution in [0.15, 0.2) is 6.20 Å². The molecule has 2 atom stereocenters. The Labute approximate surface area is 130 Å². The Morgan fingerprint density at radius 1 is 1.52 bits per heavy atom. The van der Waals surface area contributed by atoms with Gasteiger partial charge in [-0.1, -0.05) is 11.6 Å². The summed E-state index contributed by atoms with van der Waals surface area (Å²) in [5.41, 5.74) is 1.03. The summed E-state index contributed by atoms with van der Waals surface area (Å²) in [5.74, 6) is 0. The number of halogens is 1. The maximum Gasteiger partial charge on any atom is 0.318 e. The minimum atomic E-state index is 0.0698. The molecule has 2 fully saturated rings. The third-order valence-corrected chi connectivity index (χ3v) is 4.82. The highest BCUT2D eigenvalue weighted by molar-refractivity contribution is 6.31. The lowest BCUT2D eigenvalue weighted by molar-refractivity contribution is 0.120. The van der Waals surface area contributed by atoms with E-state index < -0.39 is 0 Å². The summed E-state index contributed by atoms with van der Waals surface area (Å²) in [7, 11) is 1.91. The van der Waals surface area contributed by atoms with E-state index in [-0.39, 0.29) is 18.1 Å². The van der Waals surface area contributed by atoms with Gasteiger partial charge >= 0.3 is 6.03 Å². The number of piperidine rings is 1. The van der Waals surface area contributed by atoms with Crippen molar-refractivity contribution in [3.8, 4) is 0 Å². The second kappa shape index (κ2) is 5.50. The van der Waals surface area contributed by atoms with Gasteiger partial charge in [-0.15, -0.1) is 0 Å². The van der Waals surface area contributed by atoms with Crippen LogP contribution in [-0.2, 0) is 13.6 Å². The number of aryl methyl sites for hydroxylation is 1. The lowest BCUT2D eigenvalue weighted by Crippen LogP contribution is -2.51. The highest BCUT2D eigenvalue weighted by atomic mass is 35.5. The largest absolute Gasteiger partial charge is 0.332 e. The minimum Gasteiger partial charge on any atom is -0.332 e. The second-order valence-electron chi connectivity index (χ2n) is 6.21. The molecular formula is C14H22ClN5O. The van der Waals surface area contributed by atoms with Crippen LogP contribution in [0.3, 0.4) is 0 Å². The average Bonchev–Trinajstić information content (AvgIpc) is 2.91. The van der Waals surface area contributed by atoms with Crippen molar-refractivity contribution in [1.29, 1.82) is 0 Å². The Hall–Kier alpha value is -1.27. The van der Waals surface area contributed by atoms with Crippen molar-refractivity contribution >= 4 is 17.6 Å². The fourth-order valence-corrected chi connectivity index (χ4v) is 3.68. The molecule has 2 saturated heterocycles. The molecule has 2 aliphatic rings. The number of rotatable bonds is 3. The molecule has 0 spiro atoms. The van der Waals surface area contributed by atoms with Gasteiger partial charge in [0.2, 0.25) is 0 Å². The van der Waals surface area contributed by atoms with Crippen LogP contribution in [-0.4, -0.2) is 56.8 Å². The maximum absolute atomic E-state index is 12.1. The van der Waals surface area contributed by atoms with E-state index in [1.807, 2.05) is 16.6 Å². The number of hydrogen-bond acceptors (Lipinski definition) is 3. The van der Waals surface area contributed by atoms with Gasteiger partial charge in [-0.25, -0.2) is 4.79 Å². The number of urea groups is 1. The van der Waals surface area contributed by atoms with E-state index in [0.717, 1.165) is 31.7 Å².